The van der Waals surface area contributed by atoms with Crippen LogP contribution in [0.1, 0.15) is 19.4 Å². The molecule has 0 amide bonds. The number of pyridine rings is 1. The van der Waals surface area contributed by atoms with Crippen molar-refractivity contribution in [3.63, 3.8) is 0 Å². The largest absolute Gasteiger partial charge is 0.478 e. The molecular weight excluding hydrogens is 430 g/mol. The van der Waals surface area contributed by atoms with E-state index in [1.807, 2.05) is 0 Å². The first-order valence-electron chi connectivity index (χ1n) is 9.72. The van der Waals surface area contributed by atoms with Crippen molar-refractivity contribution >= 4 is 11.7 Å². The fraction of sp³-hybridized carbons (Fsp3) is 0.120. The first-order chi connectivity index (χ1) is 15.2. The van der Waals surface area contributed by atoms with Gasteiger partial charge in [-0.25, -0.2) is 13.6 Å². The van der Waals surface area contributed by atoms with Crippen LogP contribution in [-0.2, 0) is 4.79 Å². The van der Waals surface area contributed by atoms with E-state index in [1.54, 1.807) is 62.5 Å². The number of hydrogen-bond donors (Lipinski definition) is 2. The number of nitrogens with one attached hydrogen (secondary N) is 1. The molecule has 0 spiro atoms. The van der Waals surface area contributed by atoms with E-state index in [9.17, 15) is 18.4 Å². The number of allylic oxidation sites excluding steroid dienone is 3. The number of nitrogens with zero attached hydrogens (tertiary/aromatic N) is 1. The molecule has 0 unspecified atom stereocenters. The Bertz CT molecular complexity index is 1180. The number of carboxylic acid groups (broad SMARTS) is 1. The fourth-order valence-electron chi connectivity index (χ4n) is 2.53. The van der Waals surface area contributed by atoms with Crippen molar-refractivity contribution in [3.05, 3.63) is 118 Å². The van der Waals surface area contributed by atoms with Gasteiger partial charge >= 0.3 is 5.97 Å². The molecule has 6 nitrogen and oxygen atoms in total. The van der Waals surface area contributed by atoms with E-state index < -0.39 is 5.97 Å². The minimum atomic E-state index is -0.948. The molecule has 1 aromatic heterocycles. The van der Waals surface area contributed by atoms with Crippen molar-refractivity contribution in [2.24, 2.45) is 0 Å². The molecule has 0 atom stereocenters. The third-order valence-corrected chi connectivity index (χ3v) is 4.35. The molecule has 0 aliphatic rings. The number of benzene rings is 2. The van der Waals surface area contributed by atoms with Gasteiger partial charge in [-0.05, 0) is 81.4 Å². The highest BCUT2D eigenvalue weighted by atomic mass is 19.1. The summed E-state index contributed by atoms with van der Waals surface area (Å²) in [7, 11) is 0. The van der Waals surface area contributed by atoms with Gasteiger partial charge in [0.05, 0.1) is 0 Å². The topological polar surface area (TPSA) is 103 Å². The van der Waals surface area contributed by atoms with E-state index in [0.29, 0.717) is 11.3 Å². The Morgan fingerprint density at radius 2 is 1.48 bits per heavy atom. The standard InChI is InChI=1S/C13H14FNO2.C12H10FNO.H2O/c1-9(13(16)17)3-4-10(2)15-12-7-5-11(14)6-8-12;1-9-3-2-8-14(12(9)15)11-6-4-10(13)5-7-11;/h3-8,15H,1-2H3,(H,16,17);2-8H,1H3;1H2/b9-3+,10-4-;;. The molecular formula is C25H26F2N2O4. The molecule has 1 heterocycles. The van der Waals surface area contributed by atoms with Gasteiger partial charge in [0.1, 0.15) is 11.6 Å². The lowest BCUT2D eigenvalue weighted by Gasteiger charge is -2.05. The van der Waals surface area contributed by atoms with E-state index in [2.05, 4.69) is 5.32 Å². The average molecular weight is 456 g/mol. The summed E-state index contributed by atoms with van der Waals surface area (Å²) in [5.74, 6) is -1.55. The summed E-state index contributed by atoms with van der Waals surface area (Å²) in [6, 6.07) is 15.3. The van der Waals surface area contributed by atoms with Crippen molar-refractivity contribution in [2.45, 2.75) is 20.8 Å². The summed E-state index contributed by atoms with van der Waals surface area (Å²) >= 11 is 0. The maximum Gasteiger partial charge on any atom is 0.331 e. The molecule has 3 aromatic rings. The number of rotatable bonds is 5. The second kappa shape index (κ2) is 12.7. The Morgan fingerprint density at radius 3 is 2.03 bits per heavy atom. The van der Waals surface area contributed by atoms with Crippen LogP contribution >= 0.6 is 0 Å². The third-order valence-electron chi connectivity index (χ3n) is 4.35. The van der Waals surface area contributed by atoms with E-state index in [-0.39, 0.29) is 28.2 Å². The van der Waals surface area contributed by atoms with E-state index >= 15 is 0 Å². The quantitative estimate of drug-likeness (QED) is 0.431. The molecule has 0 radical (unpaired) electrons. The summed E-state index contributed by atoms with van der Waals surface area (Å²) in [6.45, 7) is 5.07. The van der Waals surface area contributed by atoms with Gasteiger partial charge in [-0.2, -0.15) is 0 Å². The Labute approximate surface area is 190 Å². The maximum atomic E-state index is 12.7. The number of carboxylic acids is 1. The molecule has 0 saturated heterocycles. The number of hydrogen-bond acceptors (Lipinski definition) is 3. The normalized spacial score (nSPS) is 11.1. The van der Waals surface area contributed by atoms with Gasteiger partial charge in [-0.15, -0.1) is 0 Å². The number of carbonyl (C=O) groups is 1. The van der Waals surface area contributed by atoms with Crippen molar-refractivity contribution in [1.29, 1.82) is 0 Å². The second-order valence-electron chi connectivity index (χ2n) is 6.98. The van der Waals surface area contributed by atoms with Crippen LogP contribution in [0.2, 0.25) is 0 Å². The highest BCUT2D eigenvalue weighted by Crippen LogP contribution is 2.11. The molecule has 4 N–H and O–H groups in total. The van der Waals surface area contributed by atoms with Crippen LogP contribution in [0.4, 0.5) is 14.5 Å². The van der Waals surface area contributed by atoms with Crippen LogP contribution in [0.25, 0.3) is 5.69 Å². The molecule has 33 heavy (non-hydrogen) atoms. The minimum absolute atomic E-state index is 0. The smallest absolute Gasteiger partial charge is 0.331 e. The highest BCUT2D eigenvalue weighted by molar-refractivity contribution is 5.86. The van der Waals surface area contributed by atoms with Gasteiger partial charge in [-0.1, -0.05) is 12.1 Å². The summed E-state index contributed by atoms with van der Waals surface area (Å²) in [5, 5.41) is 11.7. The molecule has 0 aliphatic heterocycles. The zero-order valence-corrected chi connectivity index (χ0v) is 18.5. The van der Waals surface area contributed by atoms with Crippen LogP contribution in [0, 0.1) is 18.6 Å². The first-order valence-corrected chi connectivity index (χ1v) is 9.72. The van der Waals surface area contributed by atoms with Crippen LogP contribution in [0.15, 0.2) is 95.1 Å². The predicted molar refractivity (Wildman–Crippen MR) is 126 cm³/mol. The lowest BCUT2D eigenvalue weighted by molar-refractivity contribution is -0.132. The SMILES string of the molecule is C/C(=C/C=C(\C)C(=O)O)Nc1ccc(F)cc1.Cc1cccn(-c2ccc(F)cc2)c1=O.O. The van der Waals surface area contributed by atoms with Gasteiger partial charge in [-0.3, -0.25) is 9.36 Å². The van der Waals surface area contributed by atoms with Gasteiger partial charge < -0.3 is 15.9 Å². The van der Waals surface area contributed by atoms with E-state index in [4.69, 9.17) is 5.11 Å². The minimum Gasteiger partial charge on any atom is -0.478 e. The summed E-state index contributed by atoms with van der Waals surface area (Å²) in [5.41, 5.74) is 3.04. The monoisotopic (exact) mass is 456 g/mol. The summed E-state index contributed by atoms with van der Waals surface area (Å²) in [4.78, 5) is 22.3. The van der Waals surface area contributed by atoms with Gasteiger partial charge in [0.25, 0.3) is 5.56 Å². The number of aliphatic carboxylic acids is 1. The molecule has 174 valence electrons. The molecule has 0 bridgehead atoms. The molecule has 3 rings (SSSR count). The molecule has 0 saturated carbocycles. The molecule has 0 fully saturated rings. The maximum absolute atomic E-state index is 12.7. The van der Waals surface area contributed by atoms with Crippen molar-refractivity contribution in [3.8, 4) is 5.69 Å². The van der Waals surface area contributed by atoms with Crippen LogP contribution in [0.3, 0.4) is 0 Å². The third kappa shape index (κ3) is 8.54. The fourth-order valence-corrected chi connectivity index (χ4v) is 2.53. The molecule has 2 aromatic carbocycles. The number of halogens is 2. The Kier molecular flexibility index (Phi) is 10.4. The van der Waals surface area contributed by atoms with Crippen molar-refractivity contribution < 1.29 is 24.2 Å². The second-order valence-corrected chi connectivity index (χ2v) is 6.98. The molecule has 8 heteroatoms. The summed E-state index contributed by atoms with van der Waals surface area (Å²) < 4.78 is 26.8. The average Bonchev–Trinajstić information content (AvgIpc) is 2.77. The van der Waals surface area contributed by atoms with Crippen LogP contribution < -0.4 is 10.9 Å². The Hall–Kier alpha value is -4.04. The number of aryl methyl sites for hydroxylation is 1. The van der Waals surface area contributed by atoms with E-state index in [0.717, 1.165) is 11.4 Å². The van der Waals surface area contributed by atoms with Crippen LogP contribution in [-0.4, -0.2) is 21.1 Å². The van der Waals surface area contributed by atoms with Gasteiger partial charge in [0.2, 0.25) is 0 Å². The van der Waals surface area contributed by atoms with Crippen molar-refractivity contribution in [1.82, 2.24) is 4.57 Å². The lowest BCUT2D eigenvalue weighted by atomic mass is 10.2. The van der Waals surface area contributed by atoms with E-state index in [1.165, 1.54) is 41.8 Å². The molecule has 0 aliphatic carbocycles. The van der Waals surface area contributed by atoms with Crippen molar-refractivity contribution in [2.75, 3.05) is 5.32 Å². The Balaban J connectivity index is 0.000000322. The number of anilines is 1. The van der Waals surface area contributed by atoms with Crippen LogP contribution in [0.5, 0.6) is 0 Å². The Morgan fingerprint density at radius 1 is 0.939 bits per heavy atom. The first kappa shape index (κ1) is 27.0. The zero-order valence-electron chi connectivity index (χ0n) is 18.5. The number of aromatic nitrogens is 1. The van der Waals surface area contributed by atoms with Gasteiger partial charge in [0.15, 0.2) is 0 Å². The zero-order chi connectivity index (χ0) is 23.7. The highest BCUT2D eigenvalue weighted by Gasteiger charge is 2.01. The lowest BCUT2D eigenvalue weighted by Crippen LogP contribution is -2.19. The predicted octanol–water partition coefficient (Wildman–Crippen LogP) is 4.63. The summed E-state index contributed by atoms with van der Waals surface area (Å²) in [6.07, 6.45) is 4.84. The van der Waals surface area contributed by atoms with Gasteiger partial charge in [0, 0.05) is 34.4 Å².